The van der Waals surface area contributed by atoms with E-state index < -0.39 is 22.0 Å². The van der Waals surface area contributed by atoms with Crippen molar-refractivity contribution in [2.45, 2.75) is 38.1 Å². The molecule has 1 aromatic carbocycles. The largest absolute Gasteiger partial charge is 0.459 e. The number of carbonyl (C=O) groups excluding carboxylic acids is 2. The second-order valence-electron chi connectivity index (χ2n) is 8.24. The third kappa shape index (κ3) is 5.80. The third-order valence-electron chi connectivity index (χ3n) is 5.71. The van der Waals surface area contributed by atoms with Gasteiger partial charge in [-0.2, -0.15) is 16.1 Å². The monoisotopic (exact) mass is 493 g/mol. The predicted molar refractivity (Wildman–Crippen MR) is 129 cm³/mol. The van der Waals surface area contributed by atoms with Crippen LogP contribution in [-0.4, -0.2) is 73.7 Å². The lowest BCUT2D eigenvalue weighted by molar-refractivity contribution is -0.134. The van der Waals surface area contributed by atoms with Gasteiger partial charge in [-0.1, -0.05) is 17.7 Å². The van der Waals surface area contributed by atoms with Crippen molar-refractivity contribution in [2.24, 2.45) is 0 Å². The molecule has 1 atom stereocenters. The predicted octanol–water partition coefficient (Wildman–Crippen LogP) is 2.59. The van der Waals surface area contributed by atoms with E-state index in [-0.39, 0.29) is 37.8 Å². The highest BCUT2D eigenvalue weighted by Gasteiger charge is 2.34. The first-order valence-corrected chi connectivity index (χ1v) is 13.7. The summed E-state index contributed by atoms with van der Waals surface area (Å²) < 4.78 is 33.2. The number of hydrogen-bond acceptors (Lipinski definition) is 6. The van der Waals surface area contributed by atoms with E-state index in [2.05, 4.69) is 5.32 Å². The SMILES string of the molecule is CSCC[C@H](NC(=O)c1ccco1)C(=O)N1CCN(S(=O)(=O)c2c(C)cc(C)cc2C)CC1. The van der Waals surface area contributed by atoms with Crippen LogP contribution in [0.15, 0.2) is 39.8 Å². The van der Waals surface area contributed by atoms with E-state index in [1.165, 1.54) is 10.6 Å². The van der Waals surface area contributed by atoms with Crippen LogP contribution in [0.1, 0.15) is 33.7 Å². The molecule has 2 heterocycles. The van der Waals surface area contributed by atoms with Crippen molar-refractivity contribution in [1.82, 2.24) is 14.5 Å². The molecule has 2 aromatic rings. The maximum absolute atomic E-state index is 13.3. The van der Waals surface area contributed by atoms with E-state index >= 15 is 0 Å². The molecule has 1 aliphatic heterocycles. The molecule has 33 heavy (non-hydrogen) atoms. The molecule has 10 heteroatoms. The zero-order valence-electron chi connectivity index (χ0n) is 19.5. The number of furan rings is 1. The van der Waals surface area contributed by atoms with Crippen LogP contribution >= 0.6 is 11.8 Å². The fourth-order valence-electron chi connectivity index (χ4n) is 4.20. The van der Waals surface area contributed by atoms with Crippen LogP contribution in [0.5, 0.6) is 0 Å². The normalized spacial score (nSPS) is 15.9. The Bertz CT molecular complexity index is 1070. The summed E-state index contributed by atoms with van der Waals surface area (Å²) in [5, 5.41) is 2.77. The highest BCUT2D eigenvalue weighted by molar-refractivity contribution is 7.98. The van der Waals surface area contributed by atoms with Crippen molar-refractivity contribution in [1.29, 1.82) is 0 Å². The van der Waals surface area contributed by atoms with E-state index in [1.54, 1.807) is 28.8 Å². The molecule has 3 rings (SSSR count). The Labute approximate surface area is 199 Å². The molecule has 0 aliphatic carbocycles. The number of sulfonamides is 1. The molecular formula is C23H31N3O5S2. The number of thioether (sulfide) groups is 1. The molecule has 0 saturated carbocycles. The zero-order valence-corrected chi connectivity index (χ0v) is 21.1. The van der Waals surface area contributed by atoms with Crippen molar-refractivity contribution < 1.29 is 22.4 Å². The molecule has 1 aliphatic rings. The smallest absolute Gasteiger partial charge is 0.287 e. The topological polar surface area (TPSA) is 99.9 Å². The number of nitrogens with zero attached hydrogens (tertiary/aromatic N) is 2. The van der Waals surface area contributed by atoms with Crippen molar-refractivity contribution >= 4 is 33.6 Å². The minimum atomic E-state index is -3.66. The van der Waals surface area contributed by atoms with Gasteiger partial charge in [0.05, 0.1) is 11.2 Å². The van der Waals surface area contributed by atoms with Gasteiger partial charge in [0.2, 0.25) is 15.9 Å². The van der Waals surface area contributed by atoms with Gasteiger partial charge in [-0.25, -0.2) is 8.42 Å². The van der Waals surface area contributed by atoms with Crippen molar-refractivity contribution in [3.05, 3.63) is 53.0 Å². The van der Waals surface area contributed by atoms with Crippen molar-refractivity contribution in [2.75, 3.05) is 38.2 Å². The first-order valence-electron chi connectivity index (χ1n) is 10.8. The Morgan fingerprint density at radius 3 is 2.30 bits per heavy atom. The second-order valence-corrected chi connectivity index (χ2v) is 11.1. The Balaban J connectivity index is 1.69. The van der Waals surface area contributed by atoms with E-state index in [4.69, 9.17) is 4.42 Å². The summed E-state index contributed by atoms with van der Waals surface area (Å²) in [6, 6.07) is 6.21. The van der Waals surface area contributed by atoms with E-state index in [9.17, 15) is 18.0 Å². The summed E-state index contributed by atoms with van der Waals surface area (Å²) in [4.78, 5) is 27.6. The number of carbonyl (C=O) groups is 2. The van der Waals surface area contributed by atoms with Gasteiger partial charge in [0.15, 0.2) is 5.76 Å². The average molecular weight is 494 g/mol. The minimum absolute atomic E-state index is 0.150. The van der Waals surface area contributed by atoms with Crippen LogP contribution in [0.25, 0.3) is 0 Å². The Kier molecular flexibility index (Phi) is 8.25. The molecule has 0 spiro atoms. The van der Waals surface area contributed by atoms with Crippen LogP contribution in [0.2, 0.25) is 0 Å². The minimum Gasteiger partial charge on any atom is -0.459 e. The quantitative estimate of drug-likeness (QED) is 0.607. The molecule has 0 bridgehead atoms. The number of piperazine rings is 1. The van der Waals surface area contributed by atoms with Gasteiger partial charge in [-0.15, -0.1) is 0 Å². The fraction of sp³-hybridized carbons (Fsp3) is 0.478. The summed E-state index contributed by atoms with van der Waals surface area (Å²) >= 11 is 1.59. The molecule has 8 nitrogen and oxygen atoms in total. The lowest BCUT2D eigenvalue weighted by Crippen LogP contribution is -2.56. The summed E-state index contributed by atoms with van der Waals surface area (Å²) in [5.41, 5.74) is 2.47. The Hall–Kier alpha value is -2.30. The molecule has 0 radical (unpaired) electrons. The average Bonchev–Trinajstić information content (AvgIpc) is 3.30. The standard InChI is InChI=1S/C23H31N3O5S2/c1-16-14-17(2)21(18(3)15-16)33(29,30)26-10-8-25(9-11-26)23(28)19(7-13-32-4)24-22(27)20-6-5-12-31-20/h5-6,12,14-15,19H,7-11,13H2,1-4H3,(H,24,27)/t19-/m0/s1. The maximum atomic E-state index is 13.3. The van der Waals surface area contributed by atoms with Gasteiger partial charge in [0.1, 0.15) is 6.04 Å². The Morgan fingerprint density at radius 2 is 1.76 bits per heavy atom. The number of hydrogen-bond donors (Lipinski definition) is 1. The highest BCUT2D eigenvalue weighted by atomic mass is 32.2. The number of amides is 2. The molecule has 1 aromatic heterocycles. The van der Waals surface area contributed by atoms with Crippen molar-refractivity contribution in [3.63, 3.8) is 0 Å². The van der Waals surface area contributed by atoms with E-state index in [0.29, 0.717) is 17.1 Å². The Morgan fingerprint density at radius 1 is 1.12 bits per heavy atom. The number of benzene rings is 1. The van der Waals surface area contributed by atoms with Gasteiger partial charge in [-0.3, -0.25) is 9.59 Å². The van der Waals surface area contributed by atoms with E-state index in [0.717, 1.165) is 16.7 Å². The van der Waals surface area contributed by atoms with Gasteiger partial charge in [-0.05, 0) is 62.5 Å². The number of nitrogens with one attached hydrogen (secondary N) is 1. The van der Waals surface area contributed by atoms with Gasteiger partial charge in [0, 0.05) is 26.2 Å². The van der Waals surface area contributed by atoms with Crippen LogP contribution < -0.4 is 5.32 Å². The summed E-state index contributed by atoms with van der Waals surface area (Å²) in [5.74, 6) is 0.209. The number of aryl methyl sites for hydroxylation is 3. The first kappa shape index (κ1) is 25.3. The van der Waals surface area contributed by atoms with Crippen LogP contribution in [0.3, 0.4) is 0 Å². The first-order chi connectivity index (χ1) is 15.6. The molecule has 1 fully saturated rings. The van der Waals surface area contributed by atoms with E-state index in [1.807, 2.05) is 39.2 Å². The van der Waals surface area contributed by atoms with Gasteiger partial charge < -0.3 is 14.6 Å². The third-order valence-corrected chi connectivity index (χ3v) is 8.56. The van der Waals surface area contributed by atoms with Gasteiger partial charge in [0.25, 0.3) is 5.91 Å². The summed E-state index contributed by atoms with van der Waals surface area (Å²) in [6.45, 7) is 6.53. The van der Waals surface area contributed by atoms with Crippen LogP contribution in [-0.2, 0) is 14.8 Å². The van der Waals surface area contributed by atoms with Crippen molar-refractivity contribution in [3.8, 4) is 0 Å². The van der Waals surface area contributed by atoms with Gasteiger partial charge >= 0.3 is 0 Å². The fourth-order valence-corrected chi connectivity index (χ4v) is 6.51. The molecule has 1 saturated heterocycles. The summed E-state index contributed by atoms with van der Waals surface area (Å²) in [6.07, 6.45) is 3.83. The molecule has 1 N–H and O–H groups in total. The molecular weight excluding hydrogens is 462 g/mol. The lowest BCUT2D eigenvalue weighted by atomic mass is 10.1. The summed E-state index contributed by atoms with van der Waals surface area (Å²) in [7, 11) is -3.66. The molecule has 2 amide bonds. The number of rotatable bonds is 8. The van der Waals surface area contributed by atoms with Crippen LogP contribution in [0.4, 0.5) is 0 Å². The zero-order chi connectivity index (χ0) is 24.2. The maximum Gasteiger partial charge on any atom is 0.287 e. The van der Waals surface area contributed by atoms with Crippen LogP contribution in [0, 0.1) is 20.8 Å². The molecule has 0 unspecified atom stereocenters. The highest BCUT2D eigenvalue weighted by Crippen LogP contribution is 2.26. The second kappa shape index (κ2) is 10.8. The molecule has 180 valence electrons. The lowest BCUT2D eigenvalue weighted by Gasteiger charge is -2.36.